The molecule has 1 heterocycles. The summed E-state index contributed by atoms with van der Waals surface area (Å²) in [6.45, 7) is 9.72. The summed E-state index contributed by atoms with van der Waals surface area (Å²) in [6, 6.07) is 34.4. The van der Waals surface area contributed by atoms with E-state index < -0.39 is 68.4 Å². The van der Waals surface area contributed by atoms with Gasteiger partial charge in [0.15, 0.2) is 8.32 Å². The minimum absolute atomic E-state index is 0.00189. The first kappa shape index (κ1) is 55.1. The van der Waals surface area contributed by atoms with E-state index in [4.69, 9.17) is 30.2 Å². The van der Waals surface area contributed by atoms with Crippen LogP contribution in [0.3, 0.4) is 0 Å². The van der Waals surface area contributed by atoms with E-state index in [9.17, 15) is 19.2 Å². The van der Waals surface area contributed by atoms with Gasteiger partial charge in [-0.15, -0.1) is 0 Å². The monoisotopic (exact) mass is 1030 g/mol. The molecule has 5 aromatic rings. The van der Waals surface area contributed by atoms with Crippen LogP contribution in [0.25, 0.3) is 11.1 Å². The molecule has 0 aromatic heterocycles. The van der Waals surface area contributed by atoms with Crippen LogP contribution in [-0.4, -0.2) is 88.5 Å². The first-order valence-corrected chi connectivity index (χ1v) is 27.4. The first-order chi connectivity index (χ1) is 34.9. The minimum atomic E-state index is -2.69. The van der Waals surface area contributed by atoms with Crippen molar-refractivity contribution in [3.05, 3.63) is 160 Å². The lowest BCUT2D eigenvalue weighted by Crippen LogP contribution is -2.59. The summed E-state index contributed by atoms with van der Waals surface area (Å²) in [4.78, 5) is 83.5. The highest BCUT2D eigenvalue weighted by Crippen LogP contribution is 2.38. The lowest BCUT2D eigenvalue weighted by molar-refractivity contribution is -0.133. The van der Waals surface area contributed by atoms with E-state index in [1.165, 1.54) is 7.05 Å². The van der Waals surface area contributed by atoms with E-state index in [2.05, 4.69) is 31.9 Å². The zero-order valence-corrected chi connectivity index (χ0v) is 43.8. The number of hydrogen-bond acceptors (Lipinski definition) is 10. The molecule has 0 aliphatic carbocycles. The molecule has 73 heavy (non-hydrogen) atoms. The van der Waals surface area contributed by atoms with Crippen molar-refractivity contribution in [2.24, 2.45) is 0 Å². The van der Waals surface area contributed by atoms with Crippen LogP contribution in [0.5, 0.6) is 5.75 Å². The number of rotatable bonds is 17. The van der Waals surface area contributed by atoms with Gasteiger partial charge in [-0.25, -0.2) is 9.59 Å². The molecule has 6 rings (SSSR count). The summed E-state index contributed by atoms with van der Waals surface area (Å²) < 4.78 is 24.5. The van der Waals surface area contributed by atoms with Gasteiger partial charge in [0.2, 0.25) is 23.6 Å². The van der Waals surface area contributed by atoms with Crippen molar-refractivity contribution in [3.8, 4) is 16.9 Å². The van der Waals surface area contributed by atoms with Crippen molar-refractivity contribution >= 4 is 55.7 Å². The predicted molar refractivity (Wildman–Crippen MR) is 281 cm³/mol. The normalized spacial score (nSPS) is 16.5. The van der Waals surface area contributed by atoms with E-state index in [1.807, 2.05) is 125 Å². The molecule has 6 amide bonds. The zero-order valence-electron chi connectivity index (χ0n) is 42.1. The average Bonchev–Trinajstić information content (AvgIpc) is 3.38. The number of hydrogen-bond donors (Lipinski definition) is 6. The molecule has 4 atom stereocenters. The zero-order chi connectivity index (χ0) is 52.5. The van der Waals surface area contributed by atoms with Gasteiger partial charge < -0.3 is 50.5 Å². The third kappa shape index (κ3) is 16.7. The number of nitrogens with one attached hydrogen (secondary N) is 6. The number of alkyl carbamates (subject to hydrolysis) is 2. The summed E-state index contributed by atoms with van der Waals surface area (Å²) in [6.07, 6.45) is -3.04. The van der Waals surface area contributed by atoms with Crippen LogP contribution in [0.2, 0.25) is 23.2 Å². The van der Waals surface area contributed by atoms with Gasteiger partial charge >= 0.3 is 12.2 Å². The molecule has 0 spiro atoms. The number of benzene rings is 5. The molecule has 386 valence electrons. The molecule has 0 unspecified atom stereocenters. The maximum Gasteiger partial charge on any atom is 0.408 e. The van der Waals surface area contributed by atoms with Gasteiger partial charge in [-0.1, -0.05) is 136 Å². The van der Waals surface area contributed by atoms with Crippen LogP contribution in [0, 0.1) is 0 Å². The van der Waals surface area contributed by atoms with Crippen LogP contribution in [0.1, 0.15) is 55.0 Å². The minimum Gasteiger partial charge on any atom is -0.489 e. The quantitative estimate of drug-likeness (QED) is 0.0505. The second kappa shape index (κ2) is 26.0. The SMILES string of the molecule is CNC(=O)CNC(=O)[C@@H]1Cc2cc(ccc2Cl)-c2ccc(OCc3ccccc3)c(c2)C[C@H](NC(=O)OCc2ccccc2)C(=O)N[C@@H](C[C@H](CNC(=O)OCc2ccccc2)O[Si](C)(C)C(C)(C)C)C(=O)N1. The molecule has 1 aliphatic heterocycles. The van der Waals surface area contributed by atoms with Gasteiger partial charge in [0, 0.05) is 37.9 Å². The fourth-order valence-corrected chi connectivity index (χ4v) is 9.19. The second-order valence-electron chi connectivity index (χ2n) is 19.3. The van der Waals surface area contributed by atoms with Gasteiger partial charge in [0.25, 0.3) is 0 Å². The Morgan fingerprint density at radius 1 is 0.699 bits per heavy atom. The molecule has 5 aromatic carbocycles. The van der Waals surface area contributed by atoms with E-state index in [0.717, 1.165) is 11.1 Å². The van der Waals surface area contributed by atoms with Gasteiger partial charge in [-0.2, -0.15) is 0 Å². The highest BCUT2D eigenvalue weighted by atomic mass is 35.5. The van der Waals surface area contributed by atoms with Crippen molar-refractivity contribution in [1.29, 1.82) is 0 Å². The predicted octanol–water partition coefficient (Wildman–Crippen LogP) is 7.52. The Kier molecular flexibility index (Phi) is 19.6. The second-order valence-corrected chi connectivity index (χ2v) is 24.4. The van der Waals surface area contributed by atoms with Crippen molar-refractivity contribution in [2.45, 2.75) is 102 Å². The molecule has 0 saturated carbocycles. The molecule has 0 fully saturated rings. The third-order valence-electron chi connectivity index (χ3n) is 12.8. The molecule has 0 radical (unpaired) electrons. The Hall–Kier alpha value is -7.21. The molecule has 6 N–H and O–H groups in total. The Bertz CT molecular complexity index is 2690. The first-order valence-electron chi connectivity index (χ1n) is 24.1. The van der Waals surface area contributed by atoms with Gasteiger partial charge in [0.05, 0.1) is 12.6 Å². The topological polar surface area (TPSA) is 212 Å². The average molecular weight is 1030 g/mol. The standard InChI is InChI=1S/C55H65ClN6O10Si/c1-55(2,3)73(5,6)72-43(31-59-53(67)70-34-37-18-12-8-13-19-37)30-47-52(66)60-45(50(64)58-32-49(63)57-4)28-41-26-39(22-24-44(41)56)40-23-25-48(69-33-36-16-10-7-11-17-36)42(27-40)29-46(51(65)61-47)62-54(68)71-35-38-20-14-9-15-21-38/h7-27,43,45-47H,28-35H2,1-6H3,(H,57,63)(H,58,64)(H,59,67)(H,60,66)(H,61,65)(H,62,68)/t43-,45+,46+,47+/m1/s1. The smallest absolute Gasteiger partial charge is 0.408 e. The fraction of sp³-hybridized carbons (Fsp3) is 0.345. The molecule has 18 heteroatoms. The summed E-state index contributed by atoms with van der Waals surface area (Å²) >= 11 is 6.84. The van der Waals surface area contributed by atoms with E-state index in [1.54, 1.807) is 36.4 Å². The van der Waals surface area contributed by atoms with Gasteiger partial charge in [-0.3, -0.25) is 19.2 Å². The van der Waals surface area contributed by atoms with Crippen LogP contribution in [-0.2, 0) is 65.7 Å². The van der Waals surface area contributed by atoms with E-state index >= 15 is 9.59 Å². The number of carbonyl (C=O) groups excluding carboxylic acids is 6. The number of fused-ring (bicyclic) bond motifs is 5. The Labute approximate surface area is 432 Å². The number of amides is 6. The van der Waals surface area contributed by atoms with Crippen molar-refractivity contribution < 1.29 is 47.4 Å². The molecule has 0 saturated heterocycles. The molecule has 16 nitrogen and oxygen atoms in total. The third-order valence-corrected chi connectivity index (χ3v) is 17.7. The van der Waals surface area contributed by atoms with Crippen molar-refractivity contribution in [3.63, 3.8) is 0 Å². The molecule has 1 aliphatic rings. The van der Waals surface area contributed by atoms with Crippen LogP contribution in [0.15, 0.2) is 127 Å². The van der Waals surface area contributed by atoms with E-state index in [0.29, 0.717) is 38.6 Å². The summed E-state index contributed by atoms with van der Waals surface area (Å²) in [7, 11) is -1.26. The number of carbonyl (C=O) groups is 6. The van der Waals surface area contributed by atoms with Gasteiger partial charge in [-0.05, 0) is 81.3 Å². The Morgan fingerprint density at radius 2 is 1.26 bits per heavy atom. The largest absolute Gasteiger partial charge is 0.489 e. The summed E-state index contributed by atoms with van der Waals surface area (Å²) in [5.74, 6) is -2.33. The lowest BCUT2D eigenvalue weighted by atomic mass is 9.95. The fourth-order valence-electron chi connectivity index (χ4n) is 7.63. The maximum atomic E-state index is 15.1. The van der Waals surface area contributed by atoms with Crippen LogP contribution in [0.4, 0.5) is 9.59 Å². The Morgan fingerprint density at radius 3 is 1.85 bits per heavy atom. The van der Waals surface area contributed by atoms with Crippen LogP contribution >= 0.6 is 11.6 Å². The van der Waals surface area contributed by atoms with E-state index in [-0.39, 0.29) is 57.2 Å². The van der Waals surface area contributed by atoms with Crippen LogP contribution < -0.4 is 36.6 Å². The highest BCUT2D eigenvalue weighted by Gasteiger charge is 2.41. The Balaban J connectivity index is 1.42. The number of ether oxygens (including phenoxy) is 3. The highest BCUT2D eigenvalue weighted by molar-refractivity contribution is 6.74. The lowest BCUT2D eigenvalue weighted by Gasteiger charge is -2.40. The molecular formula is C55H65ClN6O10Si. The summed E-state index contributed by atoms with van der Waals surface area (Å²) in [5.41, 5.74) is 4.81. The number of likely N-dealkylation sites (N-methyl/N-ethyl adjacent to an activating group) is 1. The van der Waals surface area contributed by atoms with Crippen molar-refractivity contribution in [1.82, 2.24) is 31.9 Å². The molecular weight excluding hydrogens is 968 g/mol. The maximum absolute atomic E-state index is 15.1. The summed E-state index contributed by atoms with van der Waals surface area (Å²) in [5, 5.41) is 16.3. The van der Waals surface area contributed by atoms with Crippen molar-refractivity contribution in [2.75, 3.05) is 20.1 Å². The molecule has 4 bridgehead atoms. The van der Waals surface area contributed by atoms with Gasteiger partial charge in [0.1, 0.15) is 43.7 Å². The number of halogens is 1.